The van der Waals surface area contributed by atoms with Gasteiger partial charge in [-0.3, -0.25) is 14.2 Å². The van der Waals surface area contributed by atoms with Crippen LogP contribution in [0.2, 0.25) is 5.02 Å². The first-order chi connectivity index (χ1) is 13.2. The zero-order valence-corrected chi connectivity index (χ0v) is 15.5. The van der Waals surface area contributed by atoms with Crippen molar-refractivity contribution in [1.29, 1.82) is 0 Å². The quantitative estimate of drug-likeness (QED) is 0.693. The van der Waals surface area contributed by atoms with Crippen molar-refractivity contribution in [2.24, 2.45) is 7.05 Å². The van der Waals surface area contributed by atoms with Crippen molar-refractivity contribution in [1.82, 2.24) is 19.6 Å². The lowest BCUT2D eigenvalue weighted by Crippen LogP contribution is -2.16. The summed E-state index contributed by atoms with van der Waals surface area (Å²) in [5, 5.41) is 9.14. The van der Waals surface area contributed by atoms with Gasteiger partial charge in [0.25, 0.3) is 5.91 Å². The van der Waals surface area contributed by atoms with Gasteiger partial charge in [-0.2, -0.15) is 23.4 Å². The second-order valence-electron chi connectivity index (χ2n) is 5.86. The number of nitrogens with one attached hydrogen (secondary N) is 1. The average molecular weight is 414 g/mol. The molecule has 28 heavy (non-hydrogen) atoms. The summed E-state index contributed by atoms with van der Waals surface area (Å²) in [7, 11) is 2.77. The van der Waals surface area contributed by atoms with Gasteiger partial charge in [0.05, 0.1) is 25.5 Å². The molecule has 0 aliphatic rings. The van der Waals surface area contributed by atoms with Gasteiger partial charge < -0.3 is 10.1 Å². The fourth-order valence-electron chi connectivity index (χ4n) is 2.59. The van der Waals surface area contributed by atoms with Crippen molar-refractivity contribution in [3.63, 3.8) is 0 Å². The molecule has 3 rings (SSSR count). The highest BCUT2D eigenvalue weighted by atomic mass is 35.5. The molecule has 3 aromatic rings. The third-order valence-electron chi connectivity index (χ3n) is 3.84. The van der Waals surface area contributed by atoms with Crippen LogP contribution in [0.5, 0.6) is 5.75 Å². The van der Waals surface area contributed by atoms with Gasteiger partial charge in [0, 0.05) is 13.2 Å². The number of carbonyl (C=O) groups excluding carboxylic acids is 1. The van der Waals surface area contributed by atoms with Crippen LogP contribution in [-0.2, 0) is 19.8 Å². The Bertz CT molecular complexity index is 1010. The van der Waals surface area contributed by atoms with Crippen molar-refractivity contribution in [2.75, 3.05) is 12.4 Å². The van der Waals surface area contributed by atoms with Gasteiger partial charge in [0.15, 0.2) is 5.69 Å². The Hall–Kier alpha value is -3.01. The number of hydrogen-bond acceptors (Lipinski definition) is 4. The number of alkyl halides is 3. The van der Waals surface area contributed by atoms with E-state index in [9.17, 15) is 18.0 Å². The summed E-state index contributed by atoms with van der Waals surface area (Å²) in [5.74, 6) is -0.124. The van der Waals surface area contributed by atoms with E-state index in [4.69, 9.17) is 16.3 Å². The van der Waals surface area contributed by atoms with Gasteiger partial charge in [0.1, 0.15) is 16.5 Å². The molecular formula is C17H15ClF3N5O2. The van der Waals surface area contributed by atoms with E-state index in [0.29, 0.717) is 18.0 Å². The highest BCUT2D eigenvalue weighted by Crippen LogP contribution is 2.35. The molecule has 0 spiro atoms. The number of carbonyl (C=O) groups is 1. The van der Waals surface area contributed by atoms with Crippen LogP contribution in [0.3, 0.4) is 0 Å². The summed E-state index contributed by atoms with van der Waals surface area (Å²) in [4.78, 5) is 12.4. The third kappa shape index (κ3) is 4.11. The van der Waals surface area contributed by atoms with Crippen LogP contribution in [0.1, 0.15) is 21.7 Å². The van der Waals surface area contributed by atoms with Crippen molar-refractivity contribution in [3.8, 4) is 5.75 Å². The Morgan fingerprint density at radius 1 is 1.36 bits per heavy atom. The molecule has 0 unspecified atom stereocenters. The minimum absolute atomic E-state index is 0.304. The number of halogens is 4. The number of anilines is 1. The molecule has 0 radical (unpaired) electrons. The van der Waals surface area contributed by atoms with E-state index in [0.717, 1.165) is 10.2 Å². The third-order valence-corrected chi connectivity index (χ3v) is 4.20. The van der Waals surface area contributed by atoms with E-state index in [1.165, 1.54) is 13.2 Å². The van der Waals surface area contributed by atoms with Crippen molar-refractivity contribution < 1.29 is 22.7 Å². The topological polar surface area (TPSA) is 74.0 Å². The largest absolute Gasteiger partial charge is 0.497 e. The first-order valence-electron chi connectivity index (χ1n) is 7.95. The maximum Gasteiger partial charge on any atom is 0.436 e. The second-order valence-corrected chi connectivity index (χ2v) is 6.24. The Labute approximate surface area is 162 Å². The molecule has 7 nitrogen and oxygen atoms in total. The molecule has 1 N–H and O–H groups in total. The maximum atomic E-state index is 12.9. The molecule has 0 bridgehead atoms. The molecule has 1 amide bonds. The molecule has 0 saturated carbocycles. The van der Waals surface area contributed by atoms with Crippen LogP contribution in [0.25, 0.3) is 0 Å². The van der Waals surface area contributed by atoms with E-state index in [1.807, 2.05) is 24.3 Å². The Balaban J connectivity index is 1.75. The highest BCUT2D eigenvalue weighted by molar-refractivity contribution is 6.34. The molecule has 11 heteroatoms. The summed E-state index contributed by atoms with van der Waals surface area (Å²) in [5.41, 5.74) is -0.478. The van der Waals surface area contributed by atoms with Gasteiger partial charge >= 0.3 is 6.18 Å². The SMILES string of the molecule is COc1cccc(Cn2cc(NC(=O)c3c(Cl)c(C(F)(F)F)nn3C)cn2)c1. The van der Waals surface area contributed by atoms with Crippen molar-refractivity contribution in [3.05, 3.63) is 58.6 Å². The van der Waals surface area contributed by atoms with Crippen LogP contribution < -0.4 is 10.1 Å². The molecule has 2 aromatic heterocycles. The number of amides is 1. The highest BCUT2D eigenvalue weighted by Gasteiger charge is 2.39. The van der Waals surface area contributed by atoms with E-state index >= 15 is 0 Å². The average Bonchev–Trinajstić information content (AvgIpc) is 3.18. The molecule has 0 aliphatic carbocycles. The summed E-state index contributed by atoms with van der Waals surface area (Å²) in [6, 6.07) is 7.37. The molecule has 2 heterocycles. The normalized spacial score (nSPS) is 11.5. The predicted octanol–water partition coefficient (Wildman–Crippen LogP) is 3.60. The summed E-state index contributed by atoms with van der Waals surface area (Å²) in [6.45, 7) is 0.414. The van der Waals surface area contributed by atoms with Gasteiger partial charge in [-0.15, -0.1) is 0 Å². The smallest absolute Gasteiger partial charge is 0.436 e. The lowest BCUT2D eigenvalue weighted by Gasteiger charge is -2.05. The standard InChI is InChI=1S/C17H15ClF3N5O2/c1-25-14(13(18)15(24-25)17(19,20)21)16(27)23-11-7-22-26(9-11)8-10-4-3-5-12(6-10)28-2/h3-7,9H,8H2,1-2H3,(H,23,27). The Morgan fingerprint density at radius 3 is 2.75 bits per heavy atom. The molecule has 0 saturated heterocycles. The monoisotopic (exact) mass is 413 g/mol. The summed E-state index contributed by atoms with van der Waals surface area (Å²) < 4.78 is 46.2. The molecule has 0 fully saturated rings. The first kappa shape index (κ1) is 19.7. The number of aryl methyl sites for hydroxylation is 1. The van der Waals surface area contributed by atoms with E-state index < -0.39 is 28.5 Å². The van der Waals surface area contributed by atoms with Crippen LogP contribution in [0.4, 0.5) is 18.9 Å². The number of nitrogens with zero attached hydrogens (tertiary/aromatic N) is 4. The summed E-state index contributed by atoms with van der Waals surface area (Å²) >= 11 is 5.72. The van der Waals surface area contributed by atoms with Gasteiger partial charge in [0.2, 0.25) is 0 Å². The zero-order valence-electron chi connectivity index (χ0n) is 14.8. The van der Waals surface area contributed by atoms with Crippen LogP contribution >= 0.6 is 11.6 Å². The predicted molar refractivity (Wildman–Crippen MR) is 95.5 cm³/mol. The first-order valence-corrected chi connectivity index (χ1v) is 8.33. The Morgan fingerprint density at radius 2 is 2.11 bits per heavy atom. The zero-order chi connectivity index (χ0) is 20.5. The molecule has 1 aromatic carbocycles. The lowest BCUT2D eigenvalue weighted by molar-refractivity contribution is -0.141. The number of aromatic nitrogens is 4. The molecule has 148 valence electrons. The van der Waals surface area contributed by atoms with Crippen LogP contribution in [0.15, 0.2) is 36.7 Å². The molecule has 0 atom stereocenters. The number of methoxy groups -OCH3 is 1. The number of ether oxygens (including phenoxy) is 1. The van der Waals surface area contributed by atoms with E-state index in [2.05, 4.69) is 15.5 Å². The van der Waals surface area contributed by atoms with Crippen LogP contribution in [-0.4, -0.2) is 32.6 Å². The second kappa shape index (κ2) is 7.55. The molecular weight excluding hydrogens is 399 g/mol. The fourth-order valence-corrected chi connectivity index (χ4v) is 2.94. The van der Waals surface area contributed by atoms with Gasteiger partial charge in [-0.1, -0.05) is 23.7 Å². The summed E-state index contributed by atoms with van der Waals surface area (Å²) in [6.07, 6.45) is -1.83. The van der Waals surface area contributed by atoms with Crippen molar-refractivity contribution >= 4 is 23.2 Å². The minimum Gasteiger partial charge on any atom is -0.497 e. The van der Waals surface area contributed by atoms with Crippen molar-refractivity contribution in [2.45, 2.75) is 12.7 Å². The van der Waals surface area contributed by atoms with E-state index in [-0.39, 0.29) is 0 Å². The number of rotatable bonds is 5. The van der Waals surface area contributed by atoms with Crippen LogP contribution in [0, 0.1) is 0 Å². The lowest BCUT2D eigenvalue weighted by atomic mass is 10.2. The maximum absolute atomic E-state index is 12.9. The molecule has 0 aliphatic heterocycles. The Kier molecular flexibility index (Phi) is 5.32. The number of hydrogen-bond donors (Lipinski definition) is 1. The fraction of sp³-hybridized carbons (Fsp3) is 0.235. The minimum atomic E-state index is -4.75. The van der Waals surface area contributed by atoms with E-state index in [1.54, 1.807) is 18.0 Å². The van der Waals surface area contributed by atoms with Gasteiger partial charge in [-0.25, -0.2) is 0 Å². The van der Waals surface area contributed by atoms with Gasteiger partial charge in [-0.05, 0) is 17.7 Å². The number of benzene rings is 1.